The van der Waals surface area contributed by atoms with Gasteiger partial charge in [0.05, 0.1) is 5.69 Å². The number of nitrogens with zero attached hydrogens (tertiary/aromatic N) is 6. The van der Waals surface area contributed by atoms with Crippen molar-refractivity contribution < 1.29 is 0 Å². The summed E-state index contributed by atoms with van der Waals surface area (Å²) in [5, 5.41) is 12.0. The van der Waals surface area contributed by atoms with E-state index in [0.717, 1.165) is 50.1 Å². The molecule has 0 unspecified atom stereocenters. The van der Waals surface area contributed by atoms with Gasteiger partial charge in [-0.05, 0) is 25.1 Å². The fourth-order valence-electron chi connectivity index (χ4n) is 2.83. The van der Waals surface area contributed by atoms with E-state index >= 15 is 0 Å². The molecule has 0 spiro atoms. The van der Waals surface area contributed by atoms with Crippen molar-refractivity contribution in [3.8, 4) is 0 Å². The van der Waals surface area contributed by atoms with Crippen LogP contribution < -0.4 is 15.1 Å². The number of hydrogen-bond donors (Lipinski definition) is 1. The predicted octanol–water partition coefficient (Wildman–Crippen LogP) is 2.32. The second-order valence-electron chi connectivity index (χ2n) is 7.27. The molecular weight excluding hydrogens is 314 g/mol. The third-order valence-electron chi connectivity index (χ3n) is 4.32. The van der Waals surface area contributed by atoms with Crippen LogP contribution >= 0.6 is 0 Å². The third-order valence-corrected chi connectivity index (χ3v) is 4.32. The molecular formula is C18H27N7. The van der Waals surface area contributed by atoms with Crippen LogP contribution in [0.5, 0.6) is 0 Å². The number of rotatable bonds is 4. The molecule has 2 aromatic rings. The van der Waals surface area contributed by atoms with Crippen LogP contribution in [0.15, 0.2) is 24.4 Å². The van der Waals surface area contributed by atoms with E-state index in [1.54, 1.807) is 0 Å². The highest BCUT2D eigenvalue weighted by Gasteiger charge is 2.21. The van der Waals surface area contributed by atoms with Crippen LogP contribution in [0.2, 0.25) is 0 Å². The molecule has 0 amide bonds. The summed E-state index contributed by atoms with van der Waals surface area (Å²) in [4.78, 5) is 13.4. The summed E-state index contributed by atoms with van der Waals surface area (Å²) in [5.41, 5.74) is 1.05. The van der Waals surface area contributed by atoms with E-state index in [0.29, 0.717) is 5.95 Å². The Labute approximate surface area is 149 Å². The van der Waals surface area contributed by atoms with Gasteiger partial charge in [-0.15, -0.1) is 5.10 Å². The molecule has 2 aromatic heterocycles. The fourth-order valence-corrected chi connectivity index (χ4v) is 2.83. The monoisotopic (exact) mass is 341 g/mol. The molecule has 0 aliphatic carbocycles. The first kappa shape index (κ1) is 17.4. The summed E-state index contributed by atoms with van der Waals surface area (Å²) in [6.07, 6.45) is 1.81. The van der Waals surface area contributed by atoms with Crippen molar-refractivity contribution in [3.63, 3.8) is 0 Å². The van der Waals surface area contributed by atoms with E-state index in [-0.39, 0.29) is 5.41 Å². The molecule has 0 bridgehead atoms. The lowest BCUT2D eigenvalue weighted by atomic mass is 9.92. The highest BCUT2D eigenvalue weighted by atomic mass is 15.3. The Morgan fingerprint density at radius 1 is 0.960 bits per heavy atom. The summed E-state index contributed by atoms with van der Waals surface area (Å²) in [5.74, 6) is 2.61. The number of aromatic nitrogens is 4. The molecule has 0 radical (unpaired) electrons. The molecule has 1 aliphatic rings. The normalized spacial score (nSPS) is 15.4. The summed E-state index contributed by atoms with van der Waals surface area (Å²) >= 11 is 0. The number of anilines is 3. The average molecular weight is 341 g/mol. The number of hydrogen-bond acceptors (Lipinski definition) is 7. The summed E-state index contributed by atoms with van der Waals surface area (Å²) in [7, 11) is 0. The first-order valence-corrected chi connectivity index (χ1v) is 8.88. The van der Waals surface area contributed by atoms with Crippen molar-refractivity contribution in [3.05, 3.63) is 30.1 Å². The average Bonchev–Trinajstić information content (AvgIpc) is 2.62. The first-order chi connectivity index (χ1) is 12.0. The molecule has 7 nitrogen and oxygen atoms in total. The third kappa shape index (κ3) is 4.15. The van der Waals surface area contributed by atoms with Crippen molar-refractivity contribution >= 4 is 17.6 Å². The van der Waals surface area contributed by atoms with E-state index in [4.69, 9.17) is 0 Å². The lowest BCUT2D eigenvalue weighted by molar-refractivity contribution is 0.556. The standard InChI is InChI=1S/C18H27N7/c1-5-19-17-20-9-8-15(21-17)24-10-12-25(13-11-24)16-7-6-14(22-23-16)18(2,3)4/h6-9H,5,10-13H2,1-4H3,(H,19,20,21). The van der Waals surface area contributed by atoms with E-state index in [9.17, 15) is 0 Å². The van der Waals surface area contributed by atoms with Gasteiger partial charge in [0, 0.05) is 44.3 Å². The van der Waals surface area contributed by atoms with Gasteiger partial charge >= 0.3 is 0 Å². The molecule has 3 heterocycles. The van der Waals surface area contributed by atoms with Gasteiger partial charge in [-0.2, -0.15) is 10.1 Å². The van der Waals surface area contributed by atoms with Crippen LogP contribution in [-0.2, 0) is 5.41 Å². The van der Waals surface area contributed by atoms with Gasteiger partial charge in [-0.25, -0.2) is 4.98 Å². The van der Waals surface area contributed by atoms with Crippen molar-refractivity contribution in [1.29, 1.82) is 0 Å². The second-order valence-corrected chi connectivity index (χ2v) is 7.27. The minimum Gasteiger partial charge on any atom is -0.354 e. The van der Waals surface area contributed by atoms with Gasteiger partial charge in [0.15, 0.2) is 5.82 Å². The molecule has 1 N–H and O–H groups in total. The lowest BCUT2D eigenvalue weighted by Gasteiger charge is -2.36. The molecule has 0 aromatic carbocycles. The largest absolute Gasteiger partial charge is 0.354 e. The highest BCUT2D eigenvalue weighted by molar-refractivity contribution is 5.46. The molecule has 3 rings (SSSR count). The minimum atomic E-state index is 0.0292. The van der Waals surface area contributed by atoms with Crippen molar-refractivity contribution in [2.24, 2.45) is 0 Å². The SMILES string of the molecule is CCNc1nccc(N2CCN(c3ccc(C(C)(C)C)nn3)CC2)n1. The molecule has 1 saturated heterocycles. The highest BCUT2D eigenvalue weighted by Crippen LogP contribution is 2.22. The molecule has 7 heteroatoms. The van der Waals surface area contributed by atoms with Crippen LogP contribution in [0, 0.1) is 0 Å². The van der Waals surface area contributed by atoms with Crippen LogP contribution in [0.4, 0.5) is 17.6 Å². The Hall–Kier alpha value is -2.44. The van der Waals surface area contributed by atoms with Gasteiger partial charge in [-0.3, -0.25) is 0 Å². The quantitative estimate of drug-likeness (QED) is 0.915. The number of nitrogens with one attached hydrogen (secondary N) is 1. The van der Waals surface area contributed by atoms with Crippen molar-refractivity contribution in [1.82, 2.24) is 20.2 Å². The number of piperazine rings is 1. The molecule has 0 atom stereocenters. The Bertz CT molecular complexity index is 685. The topological polar surface area (TPSA) is 70.1 Å². The Morgan fingerprint density at radius 2 is 1.64 bits per heavy atom. The zero-order valence-corrected chi connectivity index (χ0v) is 15.5. The minimum absolute atomic E-state index is 0.0292. The molecule has 134 valence electrons. The second kappa shape index (κ2) is 7.21. The Kier molecular flexibility index (Phi) is 5.01. The molecule has 0 saturated carbocycles. The molecule has 1 fully saturated rings. The maximum Gasteiger partial charge on any atom is 0.224 e. The van der Waals surface area contributed by atoms with Crippen LogP contribution in [0.3, 0.4) is 0 Å². The van der Waals surface area contributed by atoms with Gasteiger partial charge in [0.1, 0.15) is 5.82 Å². The van der Waals surface area contributed by atoms with E-state index in [1.165, 1.54) is 0 Å². The lowest BCUT2D eigenvalue weighted by Crippen LogP contribution is -2.47. The zero-order chi connectivity index (χ0) is 17.9. The van der Waals surface area contributed by atoms with Crippen LogP contribution in [0.25, 0.3) is 0 Å². The molecule has 25 heavy (non-hydrogen) atoms. The van der Waals surface area contributed by atoms with Crippen molar-refractivity contribution in [2.45, 2.75) is 33.1 Å². The fraction of sp³-hybridized carbons (Fsp3) is 0.556. The predicted molar refractivity (Wildman–Crippen MR) is 101 cm³/mol. The Morgan fingerprint density at radius 3 is 2.20 bits per heavy atom. The van der Waals surface area contributed by atoms with Gasteiger partial charge in [-0.1, -0.05) is 20.8 Å². The van der Waals surface area contributed by atoms with Crippen molar-refractivity contribution in [2.75, 3.05) is 47.8 Å². The van der Waals surface area contributed by atoms with Crippen LogP contribution in [0.1, 0.15) is 33.4 Å². The smallest absolute Gasteiger partial charge is 0.224 e. The maximum atomic E-state index is 4.58. The summed E-state index contributed by atoms with van der Waals surface area (Å²) in [6.45, 7) is 12.9. The maximum absolute atomic E-state index is 4.58. The summed E-state index contributed by atoms with van der Waals surface area (Å²) < 4.78 is 0. The first-order valence-electron chi connectivity index (χ1n) is 8.88. The van der Waals surface area contributed by atoms with E-state index in [2.05, 4.69) is 68.2 Å². The zero-order valence-electron chi connectivity index (χ0n) is 15.5. The van der Waals surface area contributed by atoms with Gasteiger partial charge in [0.25, 0.3) is 0 Å². The Balaban J connectivity index is 1.63. The van der Waals surface area contributed by atoms with E-state index in [1.807, 2.05) is 19.2 Å². The molecule has 1 aliphatic heterocycles. The summed E-state index contributed by atoms with van der Waals surface area (Å²) in [6, 6.07) is 6.13. The van der Waals surface area contributed by atoms with Gasteiger partial charge in [0.2, 0.25) is 5.95 Å². The van der Waals surface area contributed by atoms with Gasteiger partial charge < -0.3 is 15.1 Å². The van der Waals surface area contributed by atoms with Crippen LogP contribution in [-0.4, -0.2) is 52.9 Å². The van der Waals surface area contributed by atoms with E-state index < -0.39 is 0 Å².